The molecule has 23 heavy (non-hydrogen) atoms. The maximum Gasteiger partial charge on any atom is 0.203 e. The van der Waals surface area contributed by atoms with E-state index in [1.165, 1.54) is 11.3 Å². The minimum Gasteiger partial charge on any atom is -0.253 e. The monoisotopic (exact) mass is 425 g/mol. The Morgan fingerprint density at radius 2 is 2.00 bits per heavy atom. The second-order valence-corrected chi connectivity index (χ2v) is 7.11. The second-order valence-electron chi connectivity index (χ2n) is 4.55. The molecule has 0 atom stereocenters. The van der Waals surface area contributed by atoms with Crippen LogP contribution in [-0.4, -0.2) is 11.2 Å². The third-order valence-electron chi connectivity index (χ3n) is 2.98. The molecule has 3 rings (SSSR count). The van der Waals surface area contributed by atoms with E-state index in [2.05, 4.69) is 31.4 Å². The Morgan fingerprint density at radius 1 is 1.17 bits per heavy atom. The van der Waals surface area contributed by atoms with Crippen LogP contribution in [0.25, 0.3) is 11.3 Å². The molecule has 3 nitrogen and oxygen atoms in total. The van der Waals surface area contributed by atoms with Gasteiger partial charge < -0.3 is 0 Å². The van der Waals surface area contributed by atoms with E-state index >= 15 is 0 Å². The minimum atomic E-state index is 0.575. The van der Waals surface area contributed by atoms with Crippen LogP contribution in [0.4, 0.5) is 5.13 Å². The van der Waals surface area contributed by atoms with E-state index in [4.69, 9.17) is 23.2 Å². The molecular weight excluding hydrogens is 417 g/mol. The standard InChI is InChI=1S/C16H10BrCl2N3S/c17-13-4-2-1-3-10(13)8-20-22-16-21-15(9-23-16)12-6-5-11(18)7-14(12)19/h1-9H,(H,21,22)/b20-8-. The highest BCUT2D eigenvalue weighted by atomic mass is 79.9. The Bertz CT molecular complexity index is 864. The number of hydrogen-bond acceptors (Lipinski definition) is 4. The molecule has 7 heteroatoms. The summed E-state index contributed by atoms with van der Waals surface area (Å²) in [5, 5.41) is 7.99. The van der Waals surface area contributed by atoms with Gasteiger partial charge in [0.25, 0.3) is 0 Å². The first kappa shape index (κ1) is 16.5. The lowest BCUT2D eigenvalue weighted by Crippen LogP contribution is -1.91. The van der Waals surface area contributed by atoms with Crippen molar-refractivity contribution < 1.29 is 0 Å². The van der Waals surface area contributed by atoms with E-state index in [9.17, 15) is 0 Å². The first-order valence-corrected chi connectivity index (χ1v) is 9.01. The Morgan fingerprint density at radius 3 is 2.78 bits per heavy atom. The maximum atomic E-state index is 6.20. The van der Waals surface area contributed by atoms with Crippen LogP contribution < -0.4 is 5.43 Å². The van der Waals surface area contributed by atoms with E-state index in [-0.39, 0.29) is 0 Å². The highest BCUT2D eigenvalue weighted by Gasteiger charge is 2.08. The number of rotatable bonds is 4. The van der Waals surface area contributed by atoms with Gasteiger partial charge in [-0.1, -0.05) is 57.3 Å². The molecule has 0 radical (unpaired) electrons. The first-order chi connectivity index (χ1) is 11.1. The summed E-state index contributed by atoms with van der Waals surface area (Å²) >= 11 is 17.0. The highest BCUT2D eigenvalue weighted by molar-refractivity contribution is 9.10. The molecule has 3 aromatic rings. The lowest BCUT2D eigenvalue weighted by molar-refractivity contribution is 1.29. The van der Waals surface area contributed by atoms with Crippen molar-refractivity contribution in [1.82, 2.24) is 4.98 Å². The summed E-state index contributed by atoms with van der Waals surface area (Å²) in [5.74, 6) is 0. The van der Waals surface area contributed by atoms with Gasteiger partial charge in [0.2, 0.25) is 5.13 Å². The third kappa shape index (κ3) is 4.12. The summed E-state index contributed by atoms with van der Waals surface area (Å²) in [5.41, 5.74) is 5.54. The summed E-state index contributed by atoms with van der Waals surface area (Å²) in [6, 6.07) is 13.2. The van der Waals surface area contributed by atoms with Gasteiger partial charge in [0.15, 0.2) is 0 Å². The van der Waals surface area contributed by atoms with Crippen LogP contribution in [0.3, 0.4) is 0 Å². The fraction of sp³-hybridized carbons (Fsp3) is 0. The van der Waals surface area contributed by atoms with Gasteiger partial charge in [-0.2, -0.15) is 5.10 Å². The zero-order valence-electron chi connectivity index (χ0n) is 11.6. The van der Waals surface area contributed by atoms with Crippen LogP contribution in [0.5, 0.6) is 0 Å². The van der Waals surface area contributed by atoms with Crippen LogP contribution in [0.2, 0.25) is 10.0 Å². The summed E-state index contributed by atoms with van der Waals surface area (Å²) < 4.78 is 0.985. The van der Waals surface area contributed by atoms with Crippen molar-refractivity contribution in [2.24, 2.45) is 5.10 Å². The van der Waals surface area contributed by atoms with Crippen molar-refractivity contribution >= 4 is 61.8 Å². The molecule has 116 valence electrons. The van der Waals surface area contributed by atoms with Crippen molar-refractivity contribution in [2.45, 2.75) is 0 Å². The van der Waals surface area contributed by atoms with Gasteiger partial charge in [-0.15, -0.1) is 11.3 Å². The molecule has 1 aromatic heterocycles. The number of hydrogen-bond donors (Lipinski definition) is 1. The minimum absolute atomic E-state index is 0.575. The summed E-state index contributed by atoms with van der Waals surface area (Å²) in [6.07, 6.45) is 1.74. The number of thiazole rings is 1. The van der Waals surface area contributed by atoms with Crippen LogP contribution in [0.15, 0.2) is 57.4 Å². The van der Waals surface area contributed by atoms with Gasteiger partial charge in [-0.3, -0.25) is 5.43 Å². The van der Waals surface area contributed by atoms with E-state index in [0.29, 0.717) is 15.2 Å². The molecular formula is C16H10BrCl2N3S. The molecule has 0 aliphatic rings. The zero-order chi connectivity index (χ0) is 16.2. The molecule has 1 N–H and O–H groups in total. The Hall–Kier alpha value is -1.40. The van der Waals surface area contributed by atoms with E-state index in [1.807, 2.05) is 35.7 Å². The molecule has 0 saturated heterocycles. The molecule has 0 aliphatic heterocycles. The van der Waals surface area contributed by atoms with Crippen LogP contribution >= 0.6 is 50.5 Å². The SMILES string of the molecule is Clc1ccc(-c2csc(N/N=C\c3ccccc3Br)n2)c(Cl)c1. The van der Waals surface area contributed by atoms with E-state index < -0.39 is 0 Å². The smallest absolute Gasteiger partial charge is 0.203 e. The van der Waals surface area contributed by atoms with Gasteiger partial charge in [0.05, 0.1) is 16.9 Å². The van der Waals surface area contributed by atoms with E-state index in [0.717, 1.165) is 21.3 Å². The number of halogens is 3. The third-order valence-corrected chi connectivity index (χ3v) is 5.00. The number of hydrazone groups is 1. The van der Waals surface area contributed by atoms with Crippen LogP contribution in [-0.2, 0) is 0 Å². The number of nitrogens with zero attached hydrogens (tertiary/aromatic N) is 2. The molecule has 0 bridgehead atoms. The van der Waals surface area contributed by atoms with Crippen LogP contribution in [0, 0.1) is 0 Å². The molecule has 0 saturated carbocycles. The molecule has 0 aliphatic carbocycles. The second kappa shape index (κ2) is 7.45. The van der Waals surface area contributed by atoms with Gasteiger partial charge in [0, 0.05) is 26.0 Å². The number of benzene rings is 2. The van der Waals surface area contributed by atoms with Gasteiger partial charge in [0.1, 0.15) is 0 Å². The maximum absolute atomic E-state index is 6.20. The molecule has 0 unspecified atom stereocenters. The predicted octanol–water partition coefficient (Wildman–Crippen LogP) is 6.33. The Balaban J connectivity index is 1.74. The molecule has 1 heterocycles. The number of nitrogens with one attached hydrogen (secondary N) is 1. The summed E-state index contributed by atoms with van der Waals surface area (Å²) in [6.45, 7) is 0. The molecule has 0 fully saturated rings. The average molecular weight is 427 g/mol. The van der Waals surface area contributed by atoms with Crippen molar-refractivity contribution in [2.75, 3.05) is 5.43 Å². The quantitative estimate of drug-likeness (QED) is 0.391. The molecule has 0 spiro atoms. The van der Waals surface area contributed by atoms with Crippen molar-refractivity contribution in [3.05, 3.63) is 67.9 Å². The first-order valence-electron chi connectivity index (χ1n) is 6.58. The highest BCUT2D eigenvalue weighted by Crippen LogP contribution is 2.32. The fourth-order valence-corrected chi connectivity index (χ4v) is 3.43. The van der Waals surface area contributed by atoms with Crippen LogP contribution in [0.1, 0.15) is 5.56 Å². The lowest BCUT2D eigenvalue weighted by Gasteiger charge is -2.00. The topological polar surface area (TPSA) is 37.3 Å². The largest absolute Gasteiger partial charge is 0.253 e. The average Bonchev–Trinajstić information content (AvgIpc) is 2.98. The molecule has 2 aromatic carbocycles. The number of anilines is 1. The molecule has 0 amide bonds. The van der Waals surface area contributed by atoms with Crippen molar-refractivity contribution in [3.8, 4) is 11.3 Å². The normalized spacial score (nSPS) is 11.1. The fourth-order valence-electron chi connectivity index (χ4n) is 1.88. The zero-order valence-corrected chi connectivity index (χ0v) is 15.5. The Kier molecular flexibility index (Phi) is 5.33. The van der Waals surface area contributed by atoms with E-state index in [1.54, 1.807) is 18.3 Å². The van der Waals surface area contributed by atoms with Gasteiger partial charge >= 0.3 is 0 Å². The predicted molar refractivity (Wildman–Crippen MR) is 103 cm³/mol. The van der Waals surface area contributed by atoms with Crippen molar-refractivity contribution in [1.29, 1.82) is 0 Å². The van der Waals surface area contributed by atoms with Crippen molar-refractivity contribution in [3.63, 3.8) is 0 Å². The van der Waals surface area contributed by atoms with Gasteiger partial charge in [-0.05, 0) is 24.3 Å². The summed E-state index contributed by atoms with van der Waals surface area (Å²) in [7, 11) is 0. The number of aromatic nitrogens is 1. The summed E-state index contributed by atoms with van der Waals surface area (Å²) in [4.78, 5) is 4.48. The van der Waals surface area contributed by atoms with Gasteiger partial charge in [-0.25, -0.2) is 4.98 Å². The Labute approximate surface area is 156 Å². The lowest BCUT2D eigenvalue weighted by atomic mass is 10.2.